The van der Waals surface area contributed by atoms with Crippen LogP contribution in [0.5, 0.6) is 0 Å². The van der Waals surface area contributed by atoms with Crippen LogP contribution in [-0.4, -0.2) is 20.8 Å². The lowest BCUT2D eigenvalue weighted by molar-refractivity contribution is -0.116. The third-order valence-corrected chi connectivity index (χ3v) is 4.08. The van der Waals surface area contributed by atoms with Crippen molar-refractivity contribution in [1.82, 2.24) is 14.9 Å². The summed E-state index contributed by atoms with van der Waals surface area (Å²) in [6.07, 6.45) is 2.32. The van der Waals surface area contributed by atoms with Crippen molar-refractivity contribution in [3.8, 4) is 16.9 Å². The van der Waals surface area contributed by atoms with Gasteiger partial charge in [0.15, 0.2) is 0 Å². The van der Waals surface area contributed by atoms with E-state index in [4.69, 9.17) is 4.52 Å². The Morgan fingerprint density at radius 1 is 1.24 bits per heavy atom. The van der Waals surface area contributed by atoms with Crippen LogP contribution in [0.2, 0.25) is 0 Å². The van der Waals surface area contributed by atoms with E-state index >= 15 is 0 Å². The highest BCUT2D eigenvalue weighted by atomic mass is 16.5. The van der Waals surface area contributed by atoms with Gasteiger partial charge in [0.05, 0.1) is 17.1 Å². The van der Waals surface area contributed by atoms with E-state index in [0.717, 1.165) is 35.5 Å². The molecule has 130 valence electrons. The average Bonchev–Trinajstić information content (AvgIpc) is 3.17. The number of hydrogen-bond acceptors (Lipinski definition) is 4. The van der Waals surface area contributed by atoms with E-state index in [1.54, 1.807) is 6.07 Å². The Hall–Kier alpha value is -2.89. The molecule has 0 bridgehead atoms. The van der Waals surface area contributed by atoms with Crippen LogP contribution >= 0.6 is 0 Å². The second-order valence-corrected chi connectivity index (χ2v) is 6.02. The fraction of sp³-hybridized carbons (Fsp3) is 0.316. The molecule has 0 radical (unpaired) electrons. The molecule has 3 aromatic rings. The first-order chi connectivity index (χ1) is 12.1. The summed E-state index contributed by atoms with van der Waals surface area (Å²) in [5.74, 6) is 0.306. The van der Waals surface area contributed by atoms with Crippen LogP contribution in [0.3, 0.4) is 0 Å². The van der Waals surface area contributed by atoms with E-state index in [1.807, 2.05) is 48.9 Å². The molecule has 6 heteroatoms. The molecular weight excluding hydrogens is 316 g/mol. The molecule has 1 N–H and O–H groups in total. The number of para-hydroxylation sites is 1. The molecule has 0 unspecified atom stereocenters. The number of aryl methyl sites for hydroxylation is 1. The number of rotatable bonds is 6. The molecule has 0 saturated carbocycles. The fourth-order valence-corrected chi connectivity index (χ4v) is 2.82. The average molecular weight is 338 g/mol. The zero-order valence-electron chi connectivity index (χ0n) is 14.7. The standard InChI is InChI=1S/C19H22N4O2/c1-4-5-11-17(24)20-18-12-16(22-25-18)19-13(2)21-23(14(19)3)15-9-7-6-8-10-15/h6-10,12H,4-5,11H2,1-3H3,(H,20,24). The third kappa shape index (κ3) is 3.63. The minimum atomic E-state index is -0.0574. The normalized spacial score (nSPS) is 10.8. The van der Waals surface area contributed by atoms with Crippen molar-refractivity contribution < 1.29 is 9.32 Å². The van der Waals surface area contributed by atoms with Crippen LogP contribution in [0.4, 0.5) is 5.88 Å². The monoisotopic (exact) mass is 338 g/mol. The predicted molar refractivity (Wildman–Crippen MR) is 96.7 cm³/mol. The zero-order valence-corrected chi connectivity index (χ0v) is 14.7. The lowest BCUT2D eigenvalue weighted by atomic mass is 10.1. The van der Waals surface area contributed by atoms with Crippen LogP contribution in [-0.2, 0) is 4.79 Å². The van der Waals surface area contributed by atoms with Gasteiger partial charge in [0.25, 0.3) is 0 Å². The van der Waals surface area contributed by atoms with Gasteiger partial charge in [0, 0.05) is 18.1 Å². The maximum Gasteiger partial charge on any atom is 0.231 e. The van der Waals surface area contributed by atoms with Crippen molar-refractivity contribution >= 4 is 11.8 Å². The molecule has 2 heterocycles. The number of carbonyl (C=O) groups excluding carboxylic acids is 1. The largest absolute Gasteiger partial charge is 0.338 e. The number of nitrogens with zero attached hydrogens (tertiary/aromatic N) is 3. The van der Waals surface area contributed by atoms with Gasteiger partial charge in [0.2, 0.25) is 11.8 Å². The Balaban J connectivity index is 1.86. The fourth-order valence-electron chi connectivity index (χ4n) is 2.82. The van der Waals surface area contributed by atoms with Gasteiger partial charge >= 0.3 is 0 Å². The number of amides is 1. The van der Waals surface area contributed by atoms with Crippen molar-refractivity contribution in [2.45, 2.75) is 40.0 Å². The summed E-state index contributed by atoms with van der Waals surface area (Å²) >= 11 is 0. The molecule has 0 fully saturated rings. The predicted octanol–water partition coefficient (Wildman–Crippen LogP) is 4.27. The molecule has 1 amide bonds. The van der Waals surface area contributed by atoms with Crippen molar-refractivity contribution in [2.24, 2.45) is 0 Å². The first-order valence-electron chi connectivity index (χ1n) is 8.48. The van der Waals surface area contributed by atoms with Gasteiger partial charge in [-0.05, 0) is 32.4 Å². The summed E-state index contributed by atoms with van der Waals surface area (Å²) in [4.78, 5) is 11.8. The summed E-state index contributed by atoms with van der Waals surface area (Å²) < 4.78 is 7.16. The molecule has 2 aromatic heterocycles. The smallest absolute Gasteiger partial charge is 0.231 e. The Morgan fingerprint density at radius 2 is 2.00 bits per heavy atom. The first kappa shape index (κ1) is 17.0. The first-order valence-corrected chi connectivity index (χ1v) is 8.48. The number of carbonyl (C=O) groups is 1. The minimum Gasteiger partial charge on any atom is -0.338 e. The summed E-state index contributed by atoms with van der Waals surface area (Å²) in [6, 6.07) is 11.7. The highest BCUT2D eigenvalue weighted by molar-refractivity contribution is 5.89. The quantitative estimate of drug-likeness (QED) is 0.728. The molecule has 0 aliphatic carbocycles. The Labute approximate surface area is 146 Å². The molecule has 0 atom stereocenters. The number of unbranched alkanes of at least 4 members (excludes halogenated alkanes) is 1. The van der Waals surface area contributed by atoms with E-state index in [2.05, 4.69) is 22.5 Å². The second kappa shape index (κ2) is 7.34. The van der Waals surface area contributed by atoms with Crippen molar-refractivity contribution in [3.05, 3.63) is 47.8 Å². The highest BCUT2D eigenvalue weighted by Crippen LogP contribution is 2.29. The third-order valence-electron chi connectivity index (χ3n) is 4.08. The van der Waals surface area contributed by atoms with Crippen molar-refractivity contribution in [2.75, 3.05) is 5.32 Å². The lowest BCUT2D eigenvalue weighted by Gasteiger charge is -2.03. The Kier molecular flexibility index (Phi) is 4.97. The molecular formula is C19H22N4O2. The van der Waals surface area contributed by atoms with Gasteiger partial charge in [0.1, 0.15) is 5.69 Å². The minimum absolute atomic E-state index is 0.0574. The van der Waals surface area contributed by atoms with Crippen molar-refractivity contribution in [1.29, 1.82) is 0 Å². The molecule has 25 heavy (non-hydrogen) atoms. The zero-order chi connectivity index (χ0) is 17.8. The summed E-state index contributed by atoms with van der Waals surface area (Å²) in [5.41, 5.74) is 4.41. The lowest BCUT2D eigenvalue weighted by Crippen LogP contribution is -2.10. The van der Waals surface area contributed by atoms with Crippen LogP contribution in [0.1, 0.15) is 37.6 Å². The van der Waals surface area contributed by atoms with Crippen LogP contribution in [0, 0.1) is 13.8 Å². The Bertz CT molecular complexity index is 865. The van der Waals surface area contributed by atoms with Gasteiger partial charge < -0.3 is 4.52 Å². The summed E-state index contributed by atoms with van der Waals surface area (Å²) in [7, 11) is 0. The molecule has 1 aromatic carbocycles. The van der Waals surface area contributed by atoms with E-state index in [1.165, 1.54) is 0 Å². The summed E-state index contributed by atoms with van der Waals surface area (Å²) in [6.45, 7) is 5.99. The molecule has 0 spiro atoms. The second-order valence-electron chi connectivity index (χ2n) is 6.02. The molecule has 6 nitrogen and oxygen atoms in total. The van der Waals surface area contributed by atoms with Crippen LogP contribution < -0.4 is 5.32 Å². The maximum atomic E-state index is 11.8. The van der Waals surface area contributed by atoms with Gasteiger partial charge in [-0.3, -0.25) is 10.1 Å². The van der Waals surface area contributed by atoms with Gasteiger partial charge in [-0.15, -0.1) is 0 Å². The number of benzene rings is 1. The number of anilines is 1. The Morgan fingerprint density at radius 3 is 2.72 bits per heavy atom. The van der Waals surface area contributed by atoms with E-state index in [9.17, 15) is 4.79 Å². The highest BCUT2D eigenvalue weighted by Gasteiger charge is 2.18. The van der Waals surface area contributed by atoms with E-state index < -0.39 is 0 Å². The van der Waals surface area contributed by atoms with Gasteiger partial charge in [-0.25, -0.2) is 4.68 Å². The SMILES string of the molecule is CCCCC(=O)Nc1cc(-c2c(C)nn(-c3ccccc3)c2C)no1. The summed E-state index contributed by atoms with van der Waals surface area (Å²) in [5, 5.41) is 11.5. The van der Waals surface area contributed by atoms with E-state index in [-0.39, 0.29) is 5.91 Å². The van der Waals surface area contributed by atoms with Crippen LogP contribution in [0.15, 0.2) is 40.9 Å². The van der Waals surface area contributed by atoms with E-state index in [0.29, 0.717) is 18.0 Å². The molecule has 0 aliphatic heterocycles. The van der Waals surface area contributed by atoms with Gasteiger partial charge in [-0.1, -0.05) is 36.7 Å². The maximum absolute atomic E-state index is 11.8. The molecule has 3 rings (SSSR count). The molecule has 0 aliphatic rings. The number of nitrogens with one attached hydrogen (secondary N) is 1. The topological polar surface area (TPSA) is 73.0 Å². The van der Waals surface area contributed by atoms with Crippen molar-refractivity contribution in [3.63, 3.8) is 0 Å². The number of hydrogen-bond donors (Lipinski definition) is 1. The van der Waals surface area contributed by atoms with Crippen LogP contribution in [0.25, 0.3) is 16.9 Å². The van der Waals surface area contributed by atoms with Gasteiger partial charge in [-0.2, -0.15) is 5.10 Å². The molecule has 0 saturated heterocycles. The number of aromatic nitrogens is 3.